The first kappa shape index (κ1) is 19.7. The average molecular weight is 386 g/mol. The van der Waals surface area contributed by atoms with Crippen molar-refractivity contribution in [3.63, 3.8) is 0 Å². The van der Waals surface area contributed by atoms with Crippen LogP contribution in [0.1, 0.15) is 12.0 Å². The molecule has 1 atom stereocenters. The maximum absolute atomic E-state index is 12.7. The zero-order chi connectivity index (χ0) is 20.1. The van der Waals surface area contributed by atoms with Crippen LogP contribution in [0.3, 0.4) is 0 Å². The number of carbonyl (C=O) groups excluding carboxylic acids is 1. The molecule has 150 valence electrons. The van der Waals surface area contributed by atoms with Crippen molar-refractivity contribution in [2.45, 2.75) is 18.9 Å². The maximum Gasteiger partial charge on any atom is 0.234 e. The lowest BCUT2D eigenvalue weighted by Gasteiger charge is -2.18. The molecule has 0 radical (unpaired) electrons. The number of aromatic nitrogens is 2. The van der Waals surface area contributed by atoms with Crippen LogP contribution in [0, 0.1) is 0 Å². The molecule has 0 saturated carbocycles. The zero-order valence-corrected chi connectivity index (χ0v) is 16.7. The highest BCUT2D eigenvalue weighted by molar-refractivity contribution is 5.79. The molecule has 28 heavy (non-hydrogen) atoms. The third-order valence-corrected chi connectivity index (χ3v) is 4.65. The number of rotatable bonds is 7. The van der Waals surface area contributed by atoms with Crippen molar-refractivity contribution in [1.82, 2.24) is 14.9 Å². The van der Waals surface area contributed by atoms with E-state index < -0.39 is 0 Å². The molecule has 8 nitrogen and oxygen atoms in total. The van der Waals surface area contributed by atoms with Gasteiger partial charge >= 0.3 is 0 Å². The second-order valence-electron chi connectivity index (χ2n) is 6.84. The van der Waals surface area contributed by atoms with Gasteiger partial charge in [0, 0.05) is 27.1 Å². The Bertz CT molecular complexity index is 828. The summed E-state index contributed by atoms with van der Waals surface area (Å²) in [5.74, 6) is 2.54. The molecule has 0 unspecified atom stereocenters. The van der Waals surface area contributed by atoms with Gasteiger partial charge in [0.15, 0.2) is 17.3 Å². The van der Waals surface area contributed by atoms with Crippen molar-refractivity contribution >= 4 is 11.7 Å². The Kier molecular flexibility index (Phi) is 6.18. The Morgan fingerprint density at radius 2 is 2.00 bits per heavy atom. The van der Waals surface area contributed by atoms with Crippen molar-refractivity contribution in [3.05, 3.63) is 36.2 Å². The standard InChI is InChI=1S/C20H26N4O4/c1-23(2)18-11-21-12-19(22-18)28-15-7-8-24(13-15)20(25)10-14-5-6-16(26-3)17(9-14)27-4/h5-6,9,11-12,15H,7-8,10,13H2,1-4H3/t15-/m1/s1. The number of benzene rings is 1. The van der Waals surface area contributed by atoms with Crippen LogP contribution in [0.2, 0.25) is 0 Å². The number of methoxy groups -OCH3 is 2. The normalized spacial score (nSPS) is 16.0. The van der Waals surface area contributed by atoms with E-state index in [4.69, 9.17) is 14.2 Å². The fourth-order valence-electron chi connectivity index (χ4n) is 3.11. The van der Waals surface area contributed by atoms with Crippen molar-refractivity contribution < 1.29 is 19.0 Å². The quantitative estimate of drug-likeness (QED) is 0.718. The molecule has 0 bridgehead atoms. The lowest BCUT2D eigenvalue weighted by Crippen LogP contribution is -2.32. The van der Waals surface area contributed by atoms with E-state index in [0.717, 1.165) is 17.8 Å². The summed E-state index contributed by atoms with van der Waals surface area (Å²) in [6, 6.07) is 5.53. The molecule has 2 aromatic rings. The highest BCUT2D eigenvalue weighted by atomic mass is 16.5. The molecular formula is C20H26N4O4. The minimum absolute atomic E-state index is 0.0615. The fraction of sp³-hybridized carbons (Fsp3) is 0.450. The monoisotopic (exact) mass is 386 g/mol. The largest absolute Gasteiger partial charge is 0.493 e. The van der Waals surface area contributed by atoms with Crippen LogP contribution >= 0.6 is 0 Å². The van der Waals surface area contributed by atoms with Gasteiger partial charge < -0.3 is 24.0 Å². The van der Waals surface area contributed by atoms with Gasteiger partial charge in [-0.1, -0.05) is 6.07 Å². The number of amides is 1. The SMILES string of the molecule is COc1ccc(CC(=O)N2CC[C@@H](Oc3cncc(N(C)C)n3)C2)cc1OC. The van der Waals surface area contributed by atoms with E-state index in [0.29, 0.717) is 36.9 Å². The third-order valence-electron chi connectivity index (χ3n) is 4.65. The first-order valence-electron chi connectivity index (χ1n) is 9.15. The molecule has 1 fully saturated rings. The number of likely N-dealkylation sites (tertiary alicyclic amines) is 1. The molecular weight excluding hydrogens is 360 g/mol. The second-order valence-corrected chi connectivity index (χ2v) is 6.84. The Balaban J connectivity index is 1.58. The van der Waals surface area contributed by atoms with E-state index >= 15 is 0 Å². The highest BCUT2D eigenvalue weighted by Gasteiger charge is 2.28. The van der Waals surface area contributed by atoms with Gasteiger partial charge in [0.05, 0.1) is 39.6 Å². The first-order valence-corrected chi connectivity index (χ1v) is 9.15. The van der Waals surface area contributed by atoms with E-state index in [1.165, 1.54) is 0 Å². The smallest absolute Gasteiger partial charge is 0.234 e. The van der Waals surface area contributed by atoms with Gasteiger partial charge in [-0.2, -0.15) is 4.98 Å². The second kappa shape index (κ2) is 8.77. The van der Waals surface area contributed by atoms with Gasteiger partial charge in [0.1, 0.15) is 6.10 Å². The Labute approximate surface area is 165 Å². The molecule has 3 rings (SSSR count). The van der Waals surface area contributed by atoms with Crippen LogP contribution in [0.25, 0.3) is 0 Å². The van der Waals surface area contributed by atoms with E-state index in [1.807, 2.05) is 42.1 Å². The van der Waals surface area contributed by atoms with Crippen LogP contribution in [-0.4, -0.2) is 68.3 Å². The molecule has 1 saturated heterocycles. The van der Waals surface area contributed by atoms with Gasteiger partial charge in [-0.05, 0) is 17.7 Å². The van der Waals surface area contributed by atoms with E-state index in [2.05, 4.69) is 9.97 Å². The van der Waals surface area contributed by atoms with E-state index in [9.17, 15) is 4.79 Å². The van der Waals surface area contributed by atoms with Crippen molar-refractivity contribution in [2.24, 2.45) is 0 Å². The zero-order valence-electron chi connectivity index (χ0n) is 16.7. The summed E-state index contributed by atoms with van der Waals surface area (Å²) in [5, 5.41) is 0. The molecule has 0 spiro atoms. The summed E-state index contributed by atoms with van der Waals surface area (Å²) in [4.78, 5) is 24.9. The van der Waals surface area contributed by atoms with Crippen LogP contribution in [0.4, 0.5) is 5.82 Å². The van der Waals surface area contributed by atoms with Crippen molar-refractivity contribution in [1.29, 1.82) is 0 Å². The number of ether oxygens (including phenoxy) is 3. The molecule has 1 aromatic heterocycles. The Morgan fingerprint density at radius 1 is 1.21 bits per heavy atom. The Hall–Kier alpha value is -3.03. The Morgan fingerprint density at radius 3 is 2.71 bits per heavy atom. The highest BCUT2D eigenvalue weighted by Crippen LogP contribution is 2.28. The van der Waals surface area contributed by atoms with Gasteiger partial charge in [0.2, 0.25) is 11.8 Å². The third kappa shape index (κ3) is 4.62. The van der Waals surface area contributed by atoms with Crippen LogP contribution < -0.4 is 19.1 Å². The lowest BCUT2D eigenvalue weighted by atomic mass is 10.1. The summed E-state index contributed by atoms with van der Waals surface area (Å²) < 4.78 is 16.5. The molecule has 1 aromatic carbocycles. The van der Waals surface area contributed by atoms with Gasteiger partial charge in [-0.25, -0.2) is 0 Å². The summed E-state index contributed by atoms with van der Waals surface area (Å²) in [7, 11) is 6.97. The topological polar surface area (TPSA) is 77.0 Å². The average Bonchev–Trinajstić information content (AvgIpc) is 3.16. The van der Waals surface area contributed by atoms with Crippen LogP contribution in [0.5, 0.6) is 17.4 Å². The molecule has 1 amide bonds. The predicted molar refractivity (Wildman–Crippen MR) is 105 cm³/mol. The summed E-state index contributed by atoms with van der Waals surface area (Å²) in [6.45, 7) is 1.21. The number of nitrogens with zero attached hydrogens (tertiary/aromatic N) is 4. The number of anilines is 1. The maximum atomic E-state index is 12.7. The summed E-state index contributed by atoms with van der Waals surface area (Å²) in [5.41, 5.74) is 0.886. The number of hydrogen-bond acceptors (Lipinski definition) is 7. The fourth-order valence-corrected chi connectivity index (χ4v) is 3.11. The van der Waals surface area contributed by atoms with Crippen molar-refractivity contribution in [2.75, 3.05) is 46.3 Å². The van der Waals surface area contributed by atoms with Crippen LogP contribution in [-0.2, 0) is 11.2 Å². The van der Waals surface area contributed by atoms with E-state index in [-0.39, 0.29) is 12.0 Å². The summed E-state index contributed by atoms with van der Waals surface area (Å²) >= 11 is 0. The minimum atomic E-state index is -0.0823. The molecule has 2 heterocycles. The number of hydrogen-bond donors (Lipinski definition) is 0. The lowest BCUT2D eigenvalue weighted by molar-refractivity contribution is -0.129. The van der Waals surface area contributed by atoms with Crippen molar-refractivity contribution in [3.8, 4) is 17.4 Å². The van der Waals surface area contributed by atoms with Crippen LogP contribution in [0.15, 0.2) is 30.6 Å². The predicted octanol–water partition coefficient (Wildman–Crippen LogP) is 1.78. The number of carbonyl (C=O) groups is 1. The first-order chi connectivity index (χ1) is 13.5. The van der Waals surface area contributed by atoms with Gasteiger partial charge in [0.25, 0.3) is 0 Å². The molecule has 0 N–H and O–H groups in total. The molecule has 8 heteroatoms. The minimum Gasteiger partial charge on any atom is -0.493 e. The summed E-state index contributed by atoms with van der Waals surface area (Å²) in [6.07, 6.45) is 4.27. The van der Waals surface area contributed by atoms with E-state index in [1.54, 1.807) is 26.6 Å². The van der Waals surface area contributed by atoms with Gasteiger partial charge in [-0.15, -0.1) is 0 Å². The molecule has 0 aliphatic carbocycles. The molecule has 1 aliphatic rings. The molecule has 1 aliphatic heterocycles. The van der Waals surface area contributed by atoms with Gasteiger partial charge in [-0.3, -0.25) is 9.78 Å².